The Balaban J connectivity index is 1.75. The Bertz CT molecular complexity index is 700. The average molecular weight is 307 g/mol. The van der Waals surface area contributed by atoms with Crippen LogP contribution in [0, 0.1) is 11.3 Å². The van der Waals surface area contributed by atoms with Crippen LogP contribution in [-0.4, -0.2) is 24.3 Å². The van der Waals surface area contributed by atoms with Crippen LogP contribution in [0.15, 0.2) is 48.5 Å². The van der Waals surface area contributed by atoms with Crippen LogP contribution in [0.25, 0.3) is 0 Å². The molecular weight excluding hydrogens is 286 g/mol. The predicted molar refractivity (Wildman–Crippen MR) is 92.4 cm³/mol. The summed E-state index contributed by atoms with van der Waals surface area (Å²) in [6.45, 7) is 2.36. The van der Waals surface area contributed by atoms with Crippen molar-refractivity contribution in [2.24, 2.45) is 0 Å². The number of aliphatic hydroxyl groups is 1. The van der Waals surface area contributed by atoms with Crippen LogP contribution in [0.2, 0.25) is 0 Å². The van der Waals surface area contributed by atoms with E-state index in [2.05, 4.69) is 28.4 Å². The normalized spacial score (nSPS) is 15.2. The fourth-order valence-electron chi connectivity index (χ4n) is 2.98. The number of nitriles is 1. The molecule has 0 amide bonds. The molecule has 0 spiro atoms. The highest BCUT2D eigenvalue weighted by molar-refractivity contribution is 5.70. The number of hydrogen-bond donors (Lipinski definition) is 2. The molecule has 1 fully saturated rings. The molecule has 3 rings (SSSR count). The molecule has 1 aliphatic rings. The van der Waals surface area contributed by atoms with Crippen molar-refractivity contribution >= 4 is 11.4 Å². The van der Waals surface area contributed by atoms with Crippen molar-refractivity contribution in [2.75, 3.05) is 23.3 Å². The first-order valence-electron chi connectivity index (χ1n) is 8.02. The number of nitrogens with one attached hydrogen (secondary N) is 1. The molecule has 0 radical (unpaired) electrons. The monoisotopic (exact) mass is 307 g/mol. The maximum Gasteiger partial charge on any atom is 0.0995 e. The van der Waals surface area contributed by atoms with Crippen LogP contribution in [0.5, 0.6) is 0 Å². The minimum atomic E-state index is -0.172. The number of rotatable bonds is 4. The Labute approximate surface area is 137 Å². The van der Waals surface area contributed by atoms with E-state index in [9.17, 15) is 10.4 Å². The number of nitrogens with zero attached hydrogens (tertiary/aromatic N) is 2. The maximum absolute atomic E-state index is 9.68. The SMILES string of the molecule is N#Cc1ccccc1CNc1ccccc1N1CCC(O)CC1. The molecule has 0 atom stereocenters. The number of para-hydroxylation sites is 2. The van der Waals surface area contributed by atoms with Gasteiger partial charge in [0.25, 0.3) is 0 Å². The summed E-state index contributed by atoms with van der Waals surface area (Å²) >= 11 is 0. The minimum Gasteiger partial charge on any atom is -0.393 e. The summed E-state index contributed by atoms with van der Waals surface area (Å²) in [6.07, 6.45) is 1.45. The van der Waals surface area contributed by atoms with E-state index in [0.29, 0.717) is 12.1 Å². The van der Waals surface area contributed by atoms with Gasteiger partial charge in [0, 0.05) is 19.6 Å². The van der Waals surface area contributed by atoms with Gasteiger partial charge in [0.05, 0.1) is 29.1 Å². The molecule has 1 saturated heterocycles. The van der Waals surface area contributed by atoms with Crippen molar-refractivity contribution in [3.05, 3.63) is 59.7 Å². The average Bonchev–Trinajstić information content (AvgIpc) is 2.61. The summed E-state index contributed by atoms with van der Waals surface area (Å²) in [4.78, 5) is 2.31. The van der Waals surface area contributed by atoms with E-state index in [0.717, 1.165) is 42.9 Å². The van der Waals surface area contributed by atoms with Gasteiger partial charge in [-0.05, 0) is 36.6 Å². The lowest BCUT2D eigenvalue weighted by Crippen LogP contribution is -2.36. The summed E-state index contributed by atoms with van der Waals surface area (Å²) in [5.74, 6) is 0. The highest BCUT2D eigenvalue weighted by Crippen LogP contribution is 2.28. The second-order valence-electron chi connectivity index (χ2n) is 5.86. The number of benzene rings is 2. The summed E-state index contributed by atoms with van der Waals surface area (Å²) < 4.78 is 0. The molecule has 118 valence electrons. The quantitative estimate of drug-likeness (QED) is 0.911. The lowest BCUT2D eigenvalue weighted by atomic mass is 10.1. The van der Waals surface area contributed by atoms with Gasteiger partial charge in [-0.3, -0.25) is 0 Å². The summed E-state index contributed by atoms with van der Waals surface area (Å²) in [5, 5.41) is 22.3. The molecule has 2 aromatic rings. The minimum absolute atomic E-state index is 0.172. The first kappa shape index (κ1) is 15.4. The molecular formula is C19H21N3O. The van der Waals surface area contributed by atoms with Gasteiger partial charge in [-0.1, -0.05) is 30.3 Å². The Hall–Kier alpha value is -2.51. The van der Waals surface area contributed by atoms with E-state index in [1.54, 1.807) is 0 Å². The van der Waals surface area contributed by atoms with E-state index in [4.69, 9.17) is 0 Å². The second-order valence-corrected chi connectivity index (χ2v) is 5.86. The molecule has 0 aliphatic carbocycles. The second kappa shape index (κ2) is 7.17. The molecule has 4 heteroatoms. The van der Waals surface area contributed by atoms with Crippen LogP contribution >= 0.6 is 0 Å². The molecule has 1 heterocycles. The lowest BCUT2D eigenvalue weighted by molar-refractivity contribution is 0.145. The molecule has 2 aromatic carbocycles. The molecule has 1 aliphatic heterocycles. The van der Waals surface area contributed by atoms with Gasteiger partial charge in [-0.2, -0.15) is 5.26 Å². The third-order valence-electron chi connectivity index (χ3n) is 4.32. The first-order chi connectivity index (χ1) is 11.3. The molecule has 23 heavy (non-hydrogen) atoms. The van der Waals surface area contributed by atoms with E-state index < -0.39 is 0 Å². The van der Waals surface area contributed by atoms with Gasteiger partial charge in [0.1, 0.15) is 0 Å². The van der Waals surface area contributed by atoms with Gasteiger partial charge in [0.15, 0.2) is 0 Å². The fraction of sp³-hybridized carbons (Fsp3) is 0.316. The molecule has 2 N–H and O–H groups in total. The van der Waals surface area contributed by atoms with Crippen molar-refractivity contribution in [3.8, 4) is 6.07 Å². The Morgan fingerprint density at radius 3 is 2.57 bits per heavy atom. The van der Waals surface area contributed by atoms with Gasteiger partial charge in [0.2, 0.25) is 0 Å². The number of aliphatic hydroxyl groups excluding tert-OH is 1. The molecule has 0 bridgehead atoms. The predicted octanol–water partition coefficient (Wildman–Crippen LogP) is 3.13. The summed E-state index contributed by atoms with van der Waals surface area (Å²) in [5.41, 5.74) is 3.93. The largest absolute Gasteiger partial charge is 0.393 e. The van der Waals surface area contributed by atoms with Crippen molar-refractivity contribution in [1.29, 1.82) is 5.26 Å². The number of piperidine rings is 1. The number of hydrogen-bond acceptors (Lipinski definition) is 4. The smallest absolute Gasteiger partial charge is 0.0995 e. The highest BCUT2D eigenvalue weighted by atomic mass is 16.3. The highest BCUT2D eigenvalue weighted by Gasteiger charge is 2.19. The Kier molecular flexibility index (Phi) is 4.80. The van der Waals surface area contributed by atoms with E-state index in [-0.39, 0.29) is 6.10 Å². The van der Waals surface area contributed by atoms with Crippen LogP contribution in [0.3, 0.4) is 0 Å². The standard InChI is InChI=1S/C19H21N3O/c20-13-15-5-1-2-6-16(15)14-21-18-7-3-4-8-19(18)22-11-9-17(23)10-12-22/h1-8,17,21,23H,9-12,14H2. The van der Waals surface area contributed by atoms with Gasteiger partial charge < -0.3 is 15.3 Å². The maximum atomic E-state index is 9.68. The Morgan fingerprint density at radius 2 is 1.78 bits per heavy atom. The third-order valence-corrected chi connectivity index (χ3v) is 4.32. The topological polar surface area (TPSA) is 59.3 Å². The van der Waals surface area contributed by atoms with Crippen molar-refractivity contribution in [1.82, 2.24) is 0 Å². The summed E-state index contributed by atoms with van der Waals surface area (Å²) in [7, 11) is 0. The van der Waals surface area contributed by atoms with Crippen molar-refractivity contribution in [3.63, 3.8) is 0 Å². The zero-order chi connectivity index (χ0) is 16.1. The summed E-state index contributed by atoms with van der Waals surface area (Å²) in [6, 6.07) is 18.1. The van der Waals surface area contributed by atoms with E-state index in [1.165, 1.54) is 0 Å². The van der Waals surface area contributed by atoms with Gasteiger partial charge in [-0.15, -0.1) is 0 Å². The fourth-order valence-corrected chi connectivity index (χ4v) is 2.98. The third kappa shape index (κ3) is 3.64. The van der Waals surface area contributed by atoms with Crippen LogP contribution in [0.1, 0.15) is 24.0 Å². The van der Waals surface area contributed by atoms with Crippen LogP contribution in [0.4, 0.5) is 11.4 Å². The number of anilines is 2. The zero-order valence-electron chi connectivity index (χ0n) is 13.1. The van der Waals surface area contributed by atoms with E-state index in [1.807, 2.05) is 36.4 Å². The van der Waals surface area contributed by atoms with Crippen LogP contribution in [-0.2, 0) is 6.54 Å². The molecule has 4 nitrogen and oxygen atoms in total. The Morgan fingerprint density at radius 1 is 1.09 bits per heavy atom. The lowest BCUT2D eigenvalue weighted by Gasteiger charge is -2.33. The van der Waals surface area contributed by atoms with Crippen LogP contribution < -0.4 is 10.2 Å². The van der Waals surface area contributed by atoms with Crippen molar-refractivity contribution in [2.45, 2.75) is 25.5 Å². The van der Waals surface area contributed by atoms with Crippen molar-refractivity contribution < 1.29 is 5.11 Å². The molecule has 0 saturated carbocycles. The van der Waals surface area contributed by atoms with Gasteiger partial charge >= 0.3 is 0 Å². The zero-order valence-corrected chi connectivity index (χ0v) is 13.1. The first-order valence-corrected chi connectivity index (χ1v) is 8.02. The van der Waals surface area contributed by atoms with Gasteiger partial charge in [-0.25, -0.2) is 0 Å². The molecule has 0 unspecified atom stereocenters. The molecule has 0 aromatic heterocycles. The van der Waals surface area contributed by atoms with E-state index >= 15 is 0 Å².